The molecule has 3 aromatic carbocycles. The maximum absolute atomic E-state index is 13.7. The molecule has 0 aromatic heterocycles. The number of sulfone groups is 1. The fourth-order valence-electron chi connectivity index (χ4n) is 5.13. The number of hydrogen-bond acceptors (Lipinski definition) is 4. The summed E-state index contributed by atoms with van der Waals surface area (Å²) < 4.78 is 55.3. The quantitative estimate of drug-likeness (QED) is 0.484. The van der Waals surface area contributed by atoms with Crippen LogP contribution in [0.5, 0.6) is 0 Å². The Labute approximate surface area is 200 Å². The lowest BCUT2D eigenvalue weighted by atomic mass is 10.1. The van der Waals surface area contributed by atoms with E-state index in [1.807, 2.05) is 18.2 Å². The van der Waals surface area contributed by atoms with Gasteiger partial charge in [0, 0.05) is 17.1 Å². The van der Waals surface area contributed by atoms with Crippen LogP contribution in [-0.2, 0) is 19.9 Å². The summed E-state index contributed by atoms with van der Waals surface area (Å²) in [4.78, 5) is 0.539. The standard InChI is InChI=1S/C25H24ClNO4S2/c26-20-11-9-18(10-12-20)19-5-4-8-24(15-19)33(30,31)27-21-13-14-22(27)17-25(16-21)32(28,29)23-6-2-1-3-7-23/h1-12,15,21-22,25H,13-14,16-17H2. The van der Waals surface area contributed by atoms with Gasteiger partial charge in [0.05, 0.1) is 15.0 Å². The first kappa shape index (κ1) is 22.6. The van der Waals surface area contributed by atoms with Crippen molar-refractivity contribution in [2.45, 2.75) is 52.8 Å². The Balaban J connectivity index is 1.43. The van der Waals surface area contributed by atoms with E-state index < -0.39 is 25.1 Å². The van der Waals surface area contributed by atoms with Crippen LogP contribution >= 0.6 is 11.6 Å². The molecule has 5 rings (SSSR count). The molecule has 0 saturated carbocycles. The molecule has 0 spiro atoms. The van der Waals surface area contributed by atoms with E-state index in [-0.39, 0.29) is 17.0 Å². The van der Waals surface area contributed by atoms with Crippen molar-refractivity contribution in [3.05, 3.63) is 83.9 Å². The Hall–Kier alpha value is -2.19. The Morgan fingerprint density at radius 1 is 0.697 bits per heavy atom. The normalized spacial score (nSPS) is 23.5. The SMILES string of the molecule is O=S(=O)(c1ccccc1)C1CC2CCC(C1)N2S(=O)(=O)c1cccc(-c2ccc(Cl)cc2)c1. The highest BCUT2D eigenvalue weighted by Gasteiger charge is 2.50. The fraction of sp³-hybridized carbons (Fsp3) is 0.280. The molecule has 2 atom stereocenters. The van der Waals surface area contributed by atoms with Gasteiger partial charge in [-0.05, 0) is 73.2 Å². The van der Waals surface area contributed by atoms with E-state index in [0.29, 0.717) is 35.6 Å². The van der Waals surface area contributed by atoms with Gasteiger partial charge in [0.2, 0.25) is 10.0 Å². The number of sulfonamides is 1. The zero-order chi connectivity index (χ0) is 23.2. The summed E-state index contributed by atoms with van der Waals surface area (Å²) in [5, 5.41) is 0.0525. The molecule has 0 aliphatic carbocycles. The zero-order valence-electron chi connectivity index (χ0n) is 17.8. The molecule has 2 unspecified atom stereocenters. The first-order chi connectivity index (χ1) is 15.8. The lowest BCUT2D eigenvalue weighted by Crippen LogP contribution is -2.49. The largest absolute Gasteiger partial charge is 0.243 e. The van der Waals surface area contributed by atoms with E-state index in [4.69, 9.17) is 11.6 Å². The second-order valence-electron chi connectivity index (χ2n) is 8.71. The van der Waals surface area contributed by atoms with Crippen LogP contribution in [0, 0.1) is 0 Å². The third-order valence-corrected chi connectivity index (χ3v) is 11.2. The molecule has 0 N–H and O–H groups in total. The van der Waals surface area contributed by atoms with Crippen LogP contribution in [0.2, 0.25) is 5.02 Å². The van der Waals surface area contributed by atoms with Crippen LogP contribution in [-0.4, -0.2) is 38.5 Å². The molecule has 2 aliphatic rings. The zero-order valence-corrected chi connectivity index (χ0v) is 20.2. The molecule has 8 heteroatoms. The van der Waals surface area contributed by atoms with Crippen molar-refractivity contribution < 1.29 is 16.8 Å². The molecule has 2 aliphatic heterocycles. The van der Waals surface area contributed by atoms with Gasteiger partial charge in [-0.25, -0.2) is 16.8 Å². The summed E-state index contributed by atoms with van der Waals surface area (Å²) in [6, 6.07) is 22.0. The van der Waals surface area contributed by atoms with Gasteiger partial charge in [-0.3, -0.25) is 0 Å². The molecular formula is C25H24ClNO4S2. The highest BCUT2D eigenvalue weighted by molar-refractivity contribution is 7.92. The molecule has 2 heterocycles. The number of nitrogens with zero attached hydrogens (tertiary/aromatic N) is 1. The van der Waals surface area contributed by atoms with Crippen LogP contribution in [0.4, 0.5) is 0 Å². The van der Waals surface area contributed by atoms with Gasteiger partial charge >= 0.3 is 0 Å². The fourth-order valence-corrected chi connectivity index (χ4v) is 9.07. The lowest BCUT2D eigenvalue weighted by molar-refractivity contribution is 0.249. The highest BCUT2D eigenvalue weighted by atomic mass is 35.5. The Bertz CT molecular complexity index is 1360. The van der Waals surface area contributed by atoms with Crippen LogP contribution in [0.25, 0.3) is 11.1 Å². The smallest absolute Gasteiger partial charge is 0.223 e. The summed E-state index contributed by atoms with van der Waals surface area (Å²) in [6.45, 7) is 0. The van der Waals surface area contributed by atoms with Crippen molar-refractivity contribution in [2.75, 3.05) is 0 Å². The van der Waals surface area contributed by atoms with Crippen LogP contribution in [0.1, 0.15) is 25.7 Å². The summed E-state index contributed by atoms with van der Waals surface area (Å²) in [6.07, 6.45) is 2.01. The molecule has 2 bridgehead atoms. The predicted molar refractivity (Wildman–Crippen MR) is 129 cm³/mol. The minimum absolute atomic E-state index is 0.233. The number of fused-ring (bicyclic) bond motifs is 2. The van der Waals surface area contributed by atoms with Crippen LogP contribution in [0.15, 0.2) is 88.7 Å². The summed E-state index contributed by atoms with van der Waals surface area (Å²) in [7, 11) is -7.26. The van der Waals surface area contributed by atoms with Crippen molar-refractivity contribution in [3.63, 3.8) is 0 Å². The maximum Gasteiger partial charge on any atom is 0.243 e. The molecule has 3 aromatic rings. The number of benzene rings is 3. The second-order valence-corrected chi connectivity index (χ2v) is 13.2. The topological polar surface area (TPSA) is 71.5 Å². The van der Waals surface area contributed by atoms with E-state index in [2.05, 4.69) is 0 Å². The maximum atomic E-state index is 13.7. The number of rotatable bonds is 5. The summed E-state index contributed by atoms with van der Waals surface area (Å²) in [5.41, 5.74) is 1.67. The van der Waals surface area contributed by atoms with E-state index in [1.165, 1.54) is 0 Å². The summed E-state index contributed by atoms with van der Waals surface area (Å²) >= 11 is 5.98. The number of piperidine rings is 1. The van der Waals surface area contributed by atoms with E-state index in [1.54, 1.807) is 65.0 Å². The van der Waals surface area contributed by atoms with Gasteiger partial charge in [0.15, 0.2) is 9.84 Å². The molecule has 0 radical (unpaired) electrons. The molecule has 2 saturated heterocycles. The van der Waals surface area contributed by atoms with Gasteiger partial charge in [0.25, 0.3) is 0 Å². The van der Waals surface area contributed by atoms with Crippen molar-refractivity contribution in [1.29, 1.82) is 0 Å². The van der Waals surface area contributed by atoms with Gasteiger partial charge in [0.1, 0.15) is 0 Å². The van der Waals surface area contributed by atoms with Crippen molar-refractivity contribution in [1.82, 2.24) is 4.31 Å². The first-order valence-electron chi connectivity index (χ1n) is 11.0. The average Bonchev–Trinajstić information content (AvgIpc) is 3.11. The lowest BCUT2D eigenvalue weighted by Gasteiger charge is -2.37. The van der Waals surface area contributed by atoms with Gasteiger partial charge in [-0.2, -0.15) is 4.31 Å². The summed E-state index contributed by atoms with van der Waals surface area (Å²) in [5.74, 6) is 0. The monoisotopic (exact) mass is 501 g/mol. The molecular weight excluding hydrogens is 478 g/mol. The minimum Gasteiger partial charge on any atom is -0.223 e. The molecule has 33 heavy (non-hydrogen) atoms. The Kier molecular flexibility index (Phi) is 5.85. The van der Waals surface area contributed by atoms with Crippen molar-refractivity contribution >= 4 is 31.5 Å². The van der Waals surface area contributed by atoms with Gasteiger partial charge in [-0.1, -0.05) is 54.1 Å². The predicted octanol–water partition coefficient (Wildman–Crippen LogP) is 5.17. The molecule has 172 valence electrons. The molecule has 5 nitrogen and oxygen atoms in total. The highest BCUT2D eigenvalue weighted by Crippen LogP contribution is 2.43. The third-order valence-electron chi connectivity index (χ3n) is 6.72. The number of hydrogen-bond donors (Lipinski definition) is 0. The van der Waals surface area contributed by atoms with Gasteiger partial charge < -0.3 is 0 Å². The second kappa shape index (κ2) is 8.55. The van der Waals surface area contributed by atoms with Crippen molar-refractivity contribution in [3.8, 4) is 11.1 Å². The molecule has 0 amide bonds. The van der Waals surface area contributed by atoms with Crippen molar-refractivity contribution in [2.24, 2.45) is 0 Å². The van der Waals surface area contributed by atoms with E-state index >= 15 is 0 Å². The average molecular weight is 502 g/mol. The molecule has 2 fully saturated rings. The van der Waals surface area contributed by atoms with Crippen LogP contribution in [0.3, 0.4) is 0 Å². The van der Waals surface area contributed by atoms with E-state index in [9.17, 15) is 16.8 Å². The Morgan fingerprint density at radius 3 is 1.94 bits per heavy atom. The number of halogens is 1. The van der Waals surface area contributed by atoms with Crippen LogP contribution < -0.4 is 0 Å². The third kappa shape index (κ3) is 4.12. The Morgan fingerprint density at radius 2 is 1.30 bits per heavy atom. The first-order valence-corrected chi connectivity index (χ1v) is 14.3. The van der Waals surface area contributed by atoms with Gasteiger partial charge in [-0.15, -0.1) is 0 Å². The van der Waals surface area contributed by atoms with E-state index in [0.717, 1.165) is 11.1 Å². The minimum atomic E-state index is -3.76.